The zero-order chi connectivity index (χ0) is 14.5. The van der Waals surface area contributed by atoms with Gasteiger partial charge < -0.3 is 5.41 Å². The van der Waals surface area contributed by atoms with E-state index in [-0.39, 0.29) is 0 Å². The molecule has 0 atom stereocenters. The first-order chi connectivity index (χ1) is 10.3. The number of hydrogen-bond acceptors (Lipinski definition) is 1. The lowest BCUT2D eigenvalue weighted by Crippen LogP contribution is -1.97. The Morgan fingerprint density at radius 3 is 2.33 bits per heavy atom. The number of rotatable bonds is 4. The molecule has 3 aromatic rings. The van der Waals surface area contributed by atoms with Crippen molar-refractivity contribution in [1.29, 1.82) is 5.41 Å². The summed E-state index contributed by atoms with van der Waals surface area (Å²) in [6.45, 7) is 0. The Balaban J connectivity index is 1.73. The molecule has 0 aromatic heterocycles. The first-order valence-electron chi connectivity index (χ1n) is 7.09. The molecule has 3 aromatic carbocycles. The Kier molecular flexibility index (Phi) is 3.92. The highest BCUT2D eigenvalue weighted by atomic mass is 14.4. The van der Waals surface area contributed by atoms with E-state index in [1.165, 1.54) is 16.3 Å². The third-order valence-corrected chi connectivity index (χ3v) is 3.48. The summed E-state index contributed by atoms with van der Waals surface area (Å²) in [5.41, 5.74) is 2.92. The molecule has 0 fully saturated rings. The molecule has 0 amide bonds. The maximum Gasteiger partial charge on any atom is 0.0357 e. The Hall–Kier alpha value is -2.67. The number of fused-ring (bicyclic) bond motifs is 1. The van der Waals surface area contributed by atoms with Gasteiger partial charge in [-0.3, -0.25) is 0 Å². The van der Waals surface area contributed by atoms with Crippen molar-refractivity contribution in [3.63, 3.8) is 0 Å². The molecule has 102 valence electrons. The van der Waals surface area contributed by atoms with E-state index in [9.17, 15) is 0 Å². The number of hydrogen-bond donors (Lipinski definition) is 1. The predicted octanol–water partition coefficient (Wildman–Crippen LogP) is 5.12. The third-order valence-electron chi connectivity index (χ3n) is 3.48. The molecule has 21 heavy (non-hydrogen) atoms. The molecule has 0 bridgehead atoms. The summed E-state index contributed by atoms with van der Waals surface area (Å²) in [7, 11) is 0. The van der Waals surface area contributed by atoms with Gasteiger partial charge in [0.2, 0.25) is 0 Å². The topological polar surface area (TPSA) is 23.9 Å². The van der Waals surface area contributed by atoms with Crippen LogP contribution in [0.15, 0.2) is 78.9 Å². The normalized spacial score (nSPS) is 11.0. The molecule has 1 N–H and O–H groups in total. The van der Waals surface area contributed by atoms with Crippen LogP contribution in [0.1, 0.15) is 11.1 Å². The quantitative estimate of drug-likeness (QED) is 0.637. The van der Waals surface area contributed by atoms with Crippen LogP contribution in [-0.2, 0) is 6.42 Å². The fourth-order valence-corrected chi connectivity index (χ4v) is 2.39. The van der Waals surface area contributed by atoms with Crippen LogP contribution in [0, 0.1) is 5.41 Å². The van der Waals surface area contributed by atoms with Crippen molar-refractivity contribution >= 4 is 22.6 Å². The van der Waals surface area contributed by atoms with Gasteiger partial charge in [-0.25, -0.2) is 0 Å². The molecule has 0 saturated carbocycles. The molecule has 0 unspecified atom stereocenters. The lowest BCUT2D eigenvalue weighted by atomic mass is 10.0. The van der Waals surface area contributed by atoms with Gasteiger partial charge in [0.05, 0.1) is 0 Å². The van der Waals surface area contributed by atoms with Crippen LogP contribution in [0.25, 0.3) is 16.8 Å². The first-order valence-corrected chi connectivity index (χ1v) is 7.09. The second-order valence-electron chi connectivity index (χ2n) is 5.13. The summed E-state index contributed by atoms with van der Waals surface area (Å²) >= 11 is 0. The van der Waals surface area contributed by atoms with E-state index in [1.54, 1.807) is 0 Å². The molecule has 1 nitrogen and oxygen atoms in total. The molecule has 0 radical (unpaired) electrons. The Labute approximate surface area is 125 Å². The molecule has 0 aliphatic heterocycles. The molecule has 0 aliphatic carbocycles. The fraction of sp³-hybridized carbons (Fsp3) is 0.0500. The Morgan fingerprint density at radius 2 is 1.52 bits per heavy atom. The zero-order valence-corrected chi connectivity index (χ0v) is 11.8. The van der Waals surface area contributed by atoms with Crippen LogP contribution in [0.3, 0.4) is 0 Å². The van der Waals surface area contributed by atoms with Gasteiger partial charge >= 0.3 is 0 Å². The van der Waals surface area contributed by atoms with Gasteiger partial charge in [-0.05, 0) is 28.0 Å². The summed E-state index contributed by atoms with van der Waals surface area (Å²) < 4.78 is 0. The van der Waals surface area contributed by atoms with E-state index in [2.05, 4.69) is 30.3 Å². The minimum Gasteiger partial charge on any atom is -0.305 e. The van der Waals surface area contributed by atoms with Crippen LogP contribution in [0.5, 0.6) is 0 Å². The van der Waals surface area contributed by atoms with Crippen LogP contribution in [-0.4, -0.2) is 5.71 Å². The molecule has 0 aliphatic rings. The van der Waals surface area contributed by atoms with Crippen LogP contribution < -0.4 is 0 Å². The van der Waals surface area contributed by atoms with Gasteiger partial charge in [0.25, 0.3) is 0 Å². The SMILES string of the molecule is N=C(/C=C/c1ccccc1)Cc1ccc2ccccc2c1. The summed E-state index contributed by atoms with van der Waals surface area (Å²) in [4.78, 5) is 0. The van der Waals surface area contributed by atoms with Gasteiger partial charge in [0.15, 0.2) is 0 Å². The van der Waals surface area contributed by atoms with E-state index in [4.69, 9.17) is 5.41 Å². The van der Waals surface area contributed by atoms with E-state index < -0.39 is 0 Å². The highest BCUT2D eigenvalue weighted by Crippen LogP contribution is 2.16. The van der Waals surface area contributed by atoms with Gasteiger partial charge in [0.1, 0.15) is 0 Å². The average Bonchev–Trinajstić information content (AvgIpc) is 2.54. The van der Waals surface area contributed by atoms with Crippen molar-refractivity contribution in [3.8, 4) is 0 Å². The highest BCUT2D eigenvalue weighted by molar-refractivity contribution is 5.97. The monoisotopic (exact) mass is 271 g/mol. The average molecular weight is 271 g/mol. The standard InChI is InChI=1S/C20H17N/c21-20(13-11-16-6-2-1-3-7-16)15-17-10-12-18-8-4-5-9-19(18)14-17/h1-14,21H,15H2/b13-11+,21-20?. The smallest absolute Gasteiger partial charge is 0.0357 e. The van der Waals surface area contributed by atoms with Crippen molar-refractivity contribution in [2.75, 3.05) is 0 Å². The maximum absolute atomic E-state index is 8.10. The number of nitrogens with one attached hydrogen (secondary N) is 1. The van der Waals surface area contributed by atoms with Crippen molar-refractivity contribution in [2.45, 2.75) is 6.42 Å². The van der Waals surface area contributed by atoms with Crippen molar-refractivity contribution in [3.05, 3.63) is 90.0 Å². The molecule has 1 heteroatoms. The van der Waals surface area contributed by atoms with Crippen LogP contribution >= 0.6 is 0 Å². The number of allylic oxidation sites excluding steroid dienone is 1. The zero-order valence-electron chi connectivity index (χ0n) is 11.8. The maximum atomic E-state index is 8.10. The fourth-order valence-electron chi connectivity index (χ4n) is 2.39. The van der Waals surface area contributed by atoms with Gasteiger partial charge in [-0.1, -0.05) is 78.9 Å². The lowest BCUT2D eigenvalue weighted by molar-refractivity contribution is 1.30. The molecular weight excluding hydrogens is 254 g/mol. The highest BCUT2D eigenvalue weighted by Gasteiger charge is 1.99. The molecule has 0 spiro atoms. The van der Waals surface area contributed by atoms with Crippen molar-refractivity contribution < 1.29 is 0 Å². The summed E-state index contributed by atoms with van der Waals surface area (Å²) in [6, 6.07) is 24.8. The van der Waals surface area contributed by atoms with Gasteiger partial charge in [-0.2, -0.15) is 0 Å². The van der Waals surface area contributed by atoms with Crippen LogP contribution in [0.2, 0.25) is 0 Å². The second kappa shape index (κ2) is 6.19. The Morgan fingerprint density at radius 1 is 0.810 bits per heavy atom. The van der Waals surface area contributed by atoms with E-state index in [1.807, 2.05) is 54.6 Å². The largest absolute Gasteiger partial charge is 0.305 e. The summed E-state index contributed by atoms with van der Waals surface area (Å²) in [6.07, 6.45) is 4.53. The van der Waals surface area contributed by atoms with Crippen molar-refractivity contribution in [2.24, 2.45) is 0 Å². The molecule has 0 heterocycles. The van der Waals surface area contributed by atoms with E-state index in [0.29, 0.717) is 12.1 Å². The van der Waals surface area contributed by atoms with E-state index in [0.717, 1.165) is 5.56 Å². The summed E-state index contributed by atoms with van der Waals surface area (Å²) in [5.74, 6) is 0. The summed E-state index contributed by atoms with van der Waals surface area (Å²) in [5, 5.41) is 10.6. The van der Waals surface area contributed by atoms with E-state index >= 15 is 0 Å². The lowest BCUT2D eigenvalue weighted by Gasteiger charge is -2.03. The Bertz CT molecular complexity index is 785. The molecular formula is C20H17N. The molecule has 0 saturated heterocycles. The second-order valence-corrected chi connectivity index (χ2v) is 5.13. The van der Waals surface area contributed by atoms with Gasteiger partial charge in [-0.15, -0.1) is 0 Å². The minimum atomic E-state index is 0.620. The first kappa shape index (κ1) is 13.3. The minimum absolute atomic E-state index is 0.620. The third kappa shape index (κ3) is 3.46. The predicted molar refractivity (Wildman–Crippen MR) is 90.9 cm³/mol. The number of benzene rings is 3. The molecule has 3 rings (SSSR count). The van der Waals surface area contributed by atoms with Crippen LogP contribution in [0.4, 0.5) is 0 Å². The van der Waals surface area contributed by atoms with Crippen molar-refractivity contribution in [1.82, 2.24) is 0 Å². The van der Waals surface area contributed by atoms with Gasteiger partial charge in [0, 0.05) is 12.1 Å².